The Balaban J connectivity index is 1.35. The van der Waals surface area contributed by atoms with Crippen LogP contribution in [0, 0.1) is 0 Å². The SMILES string of the molecule is COc1cc2c(Nc3cccc4c3OCO4)ncnc2cc1OCCCN1CCCC1. The number of ether oxygens (including phenoxy) is 4. The fourth-order valence-electron chi connectivity index (χ4n) is 4.07. The van der Waals surface area contributed by atoms with Crippen LogP contribution in [0.4, 0.5) is 11.5 Å². The van der Waals surface area contributed by atoms with E-state index in [9.17, 15) is 0 Å². The molecule has 5 rings (SSSR count). The molecule has 0 amide bonds. The maximum absolute atomic E-state index is 6.05. The van der Waals surface area contributed by atoms with E-state index >= 15 is 0 Å². The topological polar surface area (TPSA) is 78.0 Å². The predicted molar refractivity (Wildman–Crippen MR) is 118 cm³/mol. The standard InChI is InChI=1S/C23H26N4O4/c1-28-20-12-16-18(13-21(20)29-11-5-10-27-8-2-3-9-27)24-14-25-23(16)26-17-6-4-7-19-22(17)31-15-30-19/h4,6-7,12-14H,2-3,5,8-11,15H2,1H3,(H,24,25,26). The van der Waals surface area contributed by atoms with Crippen molar-refractivity contribution in [2.24, 2.45) is 0 Å². The number of para-hydroxylation sites is 1. The average Bonchev–Trinajstić information content (AvgIpc) is 3.49. The molecule has 0 aliphatic carbocycles. The lowest BCUT2D eigenvalue weighted by molar-refractivity contribution is 0.174. The molecule has 31 heavy (non-hydrogen) atoms. The molecule has 1 N–H and O–H groups in total. The number of nitrogens with zero attached hydrogens (tertiary/aromatic N) is 3. The highest BCUT2D eigenvalue weighted by molar-refractivity contribution is 5.93. The number of hydrogen-bond donors (Lipinski definition) is 1. The number of aromatic nitrogens is 2. The minimum atomic E-state index is 0.213. The number of fused-ring (bicyclic) bond motifs is 2. The number of rotatable bonds is 8. The van der Waals surface area contributed by atoms with Gasteiger partial charge >= 0.3 is 0 Å². The summed E-state index contributed by atoms with van der Waals surface area (Å²) in [5.41, 5.74) is 1.56. The molecule has 8 heteroatoms. The first kappa shape index (κ1) is 19.7. The van der Waals surface area contributed by atoms with Gasteiger partial charge in [0.2, 0.25) is 6.79 Å². The molecule has 3 aromatic rings. The second-order valence-electron chi connectivity index (χ2n) is 7.66. The van der Waals surface area contributed by atoms with Crippen molar-refractivity contribution in [1.29, 1.82) is 0 Å². The lowest BCUT2D eigenvalue weighted by Gasteiger charge is -2.16. The number of anilines is 2. The number of hydrogen-bond acceptors (Lipinski definition) is 8. The molecule has 0 atom stereocenters. The van der Waals surface area contributed by atoms with Crippen molar-refractivity contribution >= 4 is 22.4 Å². The van der Waals surface area contributed by atoms with Gasteiger partial charge < -0.3 is 29.2 Å². The fraction of sp³-hybridized carbons (Fsp3) is 0.391. The summed E-state index contributed by atoms with van der Waals surface area (Å²) in [6.45, 7) is 4.33. The van der Waals surface area contributed by atoms with E-state index in [2.05, 4.69) is 20.2 Å². The lowest BCUT2D eigenvalue weighted by atomic mass is 10.2. The molecule has 0 unspecified atom stereocenters. The molecule has 1 aromatic heterocycles. The Kier molecular flexibility index (Phi) is 5.62. The summed E-state index contributed by atoms with van der Waals surface area (Å²) in [5.74, 6) is 3.40. The molecular weight excluding hydrogens is 396 g/mol. The normalized spacial score (nSPS) is 15.4. The summed E-state index contributed by atoms with van der Waals surface area (Å²) in [7, 11) is 1.64. The van der Waals surface area contributed by atoms with Crippen molar-refractivity contribution < 1.29 is 18.9 Å². The fourth-order valence-corrected chi connectivity index (χ4v) is 4.07. The maximum Gasteiger partial charge on any atom is 0.231 e. The van der Waals surface area contributed by atoms with E-state index in [1.807, 2.05) is 30.3 Å². The Morgan fingerprint density at radius 3 is 2.87 bits per heavy atom. The van der Waals surface area contributed by atoms with E-state index in [-0.39, 0.29) is 6.79 Å². The first-order valence-corrected chi connectivity index (χ1v) is 10.7. The molecule has 0 radical (unpaired) electrons. The summed E-state index contributed by atoms with van der Waals surface area (Å²) in [4.78, 5) is 11.4. The van der Waals surface area contributed by atoms with Gasteiger partial charge in [0, 0.05) is 18.0 Å². The average molecular weight is 422 g/mol. The highest BCUT2D eigenvalue weighted by Gasteiger charge is 2.19. The minimum absolute atomic E-state index is 0.213. The van der Waals surface area contributed by atoms with E-state index < -0.39 is 0 Å². The van der Waals surface area contributed by atoms with E-state index in [1.54, 1.807) is 7.11 Å². The molecule has 1 saturated heterocycles. The van der Waals surface area contributed by atoms with E-state index in [1.165, 1.54) is 32.3 Å². The molecule has 8 nitrogen and oxygen atoms in total. The first-order valence-electron chi connectivity index (χ1n) is 10.7. The van der Waals surface area contributed by atoms with Crippen molar-refractivity contribution in [3.05, 3.63) is 36.7 Å². The highest BCUT2D eigenvalue weighted by atomic mass is 16.7. The monoisotopic (exact) mass is 422 g/mol. The number of methoxy groups -OCH3 is 1. The van der Waals surface area contributed by atoms with Gasteiger partial charge in [0.25, 0.3) is 0 Å². The molecule has 2 aliphatic heterocycles. The molecule has 0 spiro atoms. The van der Waals surface area contributed by atoms with Crippen molar-refractivity contribution in [3.8, 4) is 23.0 Å². The molecule has 3 heterocycles. The van der Waals surface area contributed by atoms with Crippen LogP contribution in [0.25, 0.3) is 10.9 Å². The van der Waals surface area contributed by atoms with E-state index in [4.69, 9.17) is 18.9 Å². The van der Waals surface area contributed by atoms with Crippen LogP contribution in [0.2, 0.25) is 0 Å². The zero-order valence-corrected chi connectivity index (χ0v) is 17.6. The quantitative estimate of drug-likeness (QED) is 0.547. The minimum Gasteiger partial charge on any atom is -0.493 e. The molecule has 0 bridgehead atoms. The predicted octanol–water partition coefficient (Wildman–Crippen LogP) is 3.98. The molecule has 0 saturated carbocycles. The van der Waals surface area contributed by atoms with Crippen LogP contribution in [-0.2, 0) is 0 Å². The van der Waals surface area contributed by atoms with Crippen LogP contribution in [0.1, 0.15) is 19.3 Å². The van der Waals surface area contributed by atoms with Gasteiger partial charge in [-0.1, -0.05) is 6.07 Å². The van der Waals surface area contributed by atoms with Crippen molar-refractivity contribution in [2.75, 3.05) is 45.5 Å². The summed E-state index contributed by atoms with van der Waals surface area (Å²) in [5, 5.41) is 4.18. The number of nitrogens with one attached hydrogen (secondary N) is 1. The molecule has 162 valence electrons. The van der Waals surface area contributed by atoms with Gasteiger partial charge in [-0.2, -0.15) is 0 Å². The van der Waals surface area contributed by atoms with Crippen molar-refractivity contribution in [3.63, 3.8) is 0 Å². The van der Waals surface area contributed by atoms with Crippen molar-refractivity contribution in [1.82, 2.24) is 14.9 Å². The van der Waals surface area contributed by atoms with E-state index in [0.29, 0.717) is 35.4 Å². The van der Waals surface area contributed by atoms with Gasteiger partial charge in [0.15, 0.2) is 23.0 Å². The largest absolute Gasteiger partial charge is 0.493 e. The second-order valence-corrected chi connectivity index (χ2v) is 7.66. The van der Waals surface area contributed by atoms with Crippen LogP contribution < -0.4 is 24.3 Å². The second kappa shape index (κ2) is 8.85. The van der Waals surface area contributed by atoms with Gasteiger partial charge in [0.05, 0.1) is 24.9 Å². The Morgan fingerprint density at radius 1 is 1.10 bits per heavy atom. The number of likely N-dealkylation sites (tertiary alicyclic amines) is 1. The Hall–Kier alpha value is -3.26. The van der Waals surface area contributed by atoms with Crippen LogP contribution in [0.5, 0.6) is 23.0 Å². The van der Waals surface area contributed by atoms with Crippen LogP contribution in [0.3, 0.4) is 0 Å². The van der Waals surface area contributed by atoms with Gasteiger partial charge in [-0.05, 0) is 50.6 Å². The molecule has 2 aromatic carbocycles. The van der Waals surface area contributed by atoms with E-state index in [0.717, 1.165) is 29.6 Å². The van der Waals surface area contributed by atoms with Gasteiger partial charge in [-0.15, -0.1) is 0 Å². The molecular formula is C23H26N4O4. The van der Waals surface area contributed by atoms with Gasteiger partial charge in [-0.25, -0.2) is 9.97 Å². The Bertz CT molecular complexity index is 1070. The summed E-state index contributed by atoms with van der Waals surface area (Å²) in [6, 6.07) is 9.53. The summed E-state index contributed by atoms with van der Waals surface area (Å²) >= 11 is 0. The smallest absolute Gasteiger partial charge is 0.231 e. The Morgan fingerprint density at radius 2 is 2.00 bits per heavy atom. The summed E-state index contributed by atoms with van der Waals surface area (Å²) < 4.78 is 22.7. The van der Waals surface area contributed by atoms with Crippen LogP contribution in [0.15, 0.2) is 36.7 Å². The molecule has 2 aliphatic rings. The third kappa shape index (κ3) is 4.16. The zero-order valence-electron chi connectivity index (χ0n) is 17.6. The summed E-state index contributed by atoms with van der Waals surface area (Å²) in [6.07, 6.45) is 5.13. The third-order valence-electron chi connectivity index (χ3n) is 5.65. The van der Waals surface area contributed by atoms with Crippen molar-refractivity contribution in [2.45, 2.75) is 19.3 Å². The van der Waals surface area contributed by atoms with Gasteiger partial charge in [-0.3, -0.25) is 0 Å². The zero-order chi connectivity index (χ0) is 21.0. The van der Waals surface area contributed by atoms with Gasteiger partial charge in [0.1, 0.15) is 12.1 Å². The maximum atomic E-state index is 6.05. The molecule has 1 fully saturated rings. The third-order valence-corrected chi connectivity index (χ3v) is 5.65. The van der Waals surface area contributed by atoms with Crippen LogP contribution >= 0.6 is 0 Å². The number of benzene rings is 2. The lowest BCUT2D eigenvalue weighted by Crippen LogP contribution is -2.21. The van der Waals surface area contributed by atoms with Crippen LogP contribution in [-0.4, -0.2) is 55.0 Å². The highest BCUT2D eigenvalue weighted by Crippen LogP contribution is 2.41. The Labute approximate surface area is 181 Å². The first-order chi connectivity index (χ1) is 15.3.